The van der Waals surface area contributed by atoms with Crippen LogP contribution in [0.15, 0.2) is 23.1 Å². The Hall–Kier alpha value is -0.630. The van der Waals surface area contributed by atoms with Crippen LogP contribution in [-0.2, 0) is 19.9 Å². The second-order valence-electron chi connectivity index (χ2n) is 4.68. The van der Waals surface area contributed by atoms with E-state index in [1.807, 2.05) is 0 Å². The minimum Gasteiger partial charge on any atom is -0.349 e. The normalized spacial score (nSPS) is 22.8. The molecule has 0 saturated carbocycles. The van der Waals surface area contributed by atoms with Crippen molar-refractivity contribution in [3.05, 3.63) is 28.8 Å². The van der Waals surface area contributed by atoms with Crippen molar-refractivity contribution in [2.75, 3.05) is 11.5 Å². The van der Waals surface area contributed by atoms with E-state index >= 15 is 0 Å². The predicted molar refractivity (Wildman–Crippen MR) is 82.9 cm³/mol. The average molecular weight is 370 g/mol. The molecular formula is C12H13Cl2NO4S2. The van der Waals surface area contributed by atoms with Crippen molar-refractivity contribution in [2.45, 2.75) is 23.8 Å². The summed E-state index contributed by atoms with van der Waals surface area (Å²) in [6.07, 6.45) is 1.26. The molecule has 1 aromatic carbocycles. The fourth-order valence-corrected chi connectivity index (χ4v) is 4.31. The second-order valence-corrected chi connectivity index (χ2v) is 9.34. The summed E-state index contributed by atoms with van der Waals surface area (Å²) in [4.78, 5) is 12.0. The quantitative estimate of drug-likeness (QED) is 0.825. The molecule has 0 unspecified atom stereocenters. The fraction of sp³-hybridized carbons (Fsp3) is 0.417. The van der Waals surface area contributed by atoms with Gasteiger partial charge in [0, 0.05) is 39.0 Å². The SMILES string of the molecule is O=C(NC1CCS(=O)CC1)c1cc(S(=O)(=O)Cl)ccc1Cl. The summed E-state index contributed by atoms with van der Waals surface area (Å²) >= 11 is 5.93. The topological polar surface area (TPSA) is 80.3 Å². The van der Waals surface area contributed by atoms with Gasteiger partial charge in [0.05, 0.1) is 15.5 Å². The van der Waals surface area contributed by atoms with Gasteiger partial charge in [0.2, 0.25) is 0 Å². The molecule has 116 valence electrons. The molecule has 0 bridgehead atoms. The Morgan fingerprint density at radius 2 is 1.90 bits per heavy atom. The zero-order valence-electron chi connectivity index (χ0n) is 10.8. The third kappa shape index (κ3) is 4.42. The Morgan fingerprint density at radius 3 is 2.48 bits per heavy atom. The van der Waals surface area contributed by atoms with Crippen LogP contribution < -0.4 is 5.32 Å². The molecule has 1 aliphatic rings. The lowest BCUT2D eigenvalue weighted by molar-refractivity contribution is 0.0934. The molecule has 0 aliphatic carbocycles. The Morgan fingerprint density at radius 1 is 1.29 bits per heavy atom. The first kappa shape index (κ1) is 16.7. The average Bonchev–Trinajstić information content (AvgIpc) is 2.40. The number of hydrogen-bond donors (Lipinski definition) is 1. The van der Waals surface area contributed by atoms with Gasteiger partial charge in [-0.2, -0.15) is 0 Å². The monoisotopic (exact) mass is 369 g/mol. The summed E-state index contributed by atoms with van der Waals surface area (Å²) in [5, 5.41) is 2.93. The summed E-state index contributed by atoms with van der Waals surface area (Å²) in [6, 6.07) is 3.64. The van der Waals surface area contributed by atoms with Gasteiger partial charge < -0.3 is 5.32 Å². The zero-order chi connectivity index (χ0) is 15.6. The van der Waals surface area contributed by atoms with Crippen LogP contribution in [0.2, 0.25) is 5.02 Å². The van der Waals surface area contributed by atoms with Gasteiger partial charge in [-0.15, -0.1) is 0 Å². The van der Waals surface area contributed by atoms with E-state index in [-0.39, 0.29) is 21.5 Å². The molecule has 1 fully saturated rings. The van der Waals surface area contributed by atoms with E-state index in [0.717, 1.165) is 6.07 Å². The van der Waals surface area contributed by atoms with Gasteiger partial charge in [-0.3, -0.25) is 9.00 Å². The van der Waals surface area contributed by atoms with Crippen LogP contribution in [0.3, 0.4) is 0 Å². The van der Waals surface area contributed by atoms with Crippen molar-refractivity contribution in [1.29, 1.82) is 0 Å². The zero-order valence-corrected chi connectivity index (χ0v) is 14.0. The van der Waals surface area contributed by atoms with Crippen LogP contribution in [0.4, 0.5) is 0 Å². The Bertz CT molecular complexity index is 680. The first-order valence-electron chi connectivity index (χ1n) is 6.17. The number of carbonyl (C=O) groups excluding carboxylic acids is 1. The molecule has 1 aliphatic heterocycles. The number of halogens is 2. The van der Waals surface area contributed by atoms with Gasteiger partial charge in [0.1, 0.15) is 0 Å². The maximum atomic E-state index is 12.2. The third-order valence-corrected chi connectivity index (χ3v) is 6.25. The summed E-state index contributed by atoms with van der Waals surface area (Å²) < 4.78 is 33.9. The highest BCUT2D eigenvalue weighted by atomic mass is 35.7. The van der Waals surface area contributed by atoms with Crippen molar-refractivity contribution in [3.8, 4) is 0 Å². The maximum absolute atomic E-state index is 12.2. The van der Waals surface area contributed by atoms with E-state index in [9.17, 15) is 17.4 Å². The van der Waals surface area contributed by atoms with Crippen LogP contribution in [0.5, 0.6) is 0 Å². The maximum Gasteiger partial charge on any atom is 0.261 e. The van der Waals surface area contributed by atoms with Gasteiger partial charge in [-0.05, 0) is 31.0 Å². The van der Waals surface area contributed by atoms with Crippen molar-refractivity contribution in [2.24, 2.45) is 0 Å². The molecule has 21 heavy (non-hydrogen) atoms. The number of amides is 1. The first-order chi connectivity index (χ1) is 9.77. The molecule has 1 N–H and O–H groups in total. The largest absolute Gasteiger partial charge is 0.349 e. The van der Waals surface area contributed by atoms with Crippen LogP contribution >= 0.6 is 22.3 Å². The minimum absolute atomic E-state index is 0.0603. The predicted octanol–water partition coefficient (Wildman–Crippen LogP) is 1.91. The number of benzene rings is 1. The molecule has 5 nitrogen and oxygen atoms in total. The summed E-state index contributed by atoms with van der Waals surface area (Å²) in [5.41, 5.74) is 0.0603. The number of hydrogen-bond acceptors (Lipinski definition) is 4. The van der Waals surface area contributed by atoms with Gasteiger partial charge in [-0.1, -0.05) is 11.6 Å². The second kappa shape index (κ2) is 6.64. The van der Waals surface area contributed by atoms with E-state index in [4.69, 9.17) is 22.3 Å². The Kier molecular flexibility index (Phi) is 5.29. The minimum atomic E-state index is -3.92. The molecule has 1 heterocycles. The van der Waals surface area contributed by atoms with E-state index in [0.29, 0.717) is 24.3 Å². The van der Waals surface area contributed by atoms with Crippen LogP contribution in [0, 0.1) is 0 Å². The first-order valence-corrected chi connectivity index (χ1v) is 10.3. The van der Waals surface area contributed by atoms with E-state index in [1.165, 1.54) is 12.1 Å². The van der Waals surface area contributed by atoms with Crippen molar-refractivity contribution >= 4 is 48.0 Å². The summed E-state index contributed by atoms with van der Waals surface area (Å²) in [6.45, 7) is 0. The lowest BCUT2D eigenvalue weighted by atomic mass is 10.1. The summed E-state index contributed by atoms with van der Waals surface area (Å²) in [7, 11) is 0.522. The van der Waals surface area contributed by atoms with E-state index in [2.05, 4.69) is 5.32 Å². The Balaban J connectivity index is 2.17. The van der Waals surface area contributed by atoms with Crippen LogP contribution in [0.1, 0.15) is 23.2 Å². The van der Waals surface area contributed by atoms with Gasteiger partial charge >= 0.3 is 0 Å². The molecule has 0 atom stereocenters. The molecule has 1 aromatic rings. The molecule has 2 rings (SSSR count). The van der Waals surface area contributed by atoms with Crippen molar-refractivity contribution in [3.63, 3.8) is 0 Å². The van der Waals surface area contributed by atoms with Crippen LogP contribution in [-0.4, -0.2) is 36.1 Å². The highest BCUT2D eigenvalue weighted by Gasteiger charge is 2.22. The fourth-order valence-electron chi connectivity index (χ4n) is 2.03. The molecule has 9 heteroatoms. The standard InChI is InChI=1S/C12H13Cl2NO4S2/c13-11-2-1-9(21(14,18)19)7-10(11)12(16)15-8-3-5-20(17)6-4-8/h1-2,7-8H,3-6H2,(H,15,16). The lowest BCUT2D eigenvalue weighted by Gasteiger charge is -2.22. The molecular weight excluding hydrogens is 357 g/mol. The number of rotatable bonds is 3. The lowest BCUT2D eigenvalue weighted by Crippen LogP contribution is -2.39. The molecule has 0 aromatic heterocycles. The van der Waals surface area contributed by atoms with E-state index < -0.39 is 25.8 Å². The van der Waals surface area contributed by atoms with Gasteiger partial charge in [-0.25, -0.2) is 8.42 Å². The summed E-state index contributed by atoms with van der Waals surface area (Å²) in [5.74, 6) is 0.642. The molecule has 1 saturated heterocycles. The smallest absolute Gasteiger partial charge is 0.261 e. The highest BCUT2D eigenvalue weighted by Crippen LogP contribution is 2.23. The van der Waals surface area contributed by atoms with Crippen LogP contribution in [0.25, 0.3) is 0 Å². The highest BCUT2D eigenvalue weighted by molar-refractivity contribution is 8.13. The number of carbonyl (C=O) groups is 1. The molecule has 0 radical (unpaired) electrons. The number of nitrogens with one attached hydrogen (secondary N) is 1. The van der Waals surface area contributed by atoms with Gasteiger partial charge in [0.15, 0.2) is 0 Å². The Labute approximate surface area is 134 Å². The van der Waals surface area contributed by atoms with Crippen molar-refractivity contribution < 1.29 is 17.4 Å². The molecule has 0 spiro atoms. The molecule has 1 amide bonds. The third-order valence-electron chi connectivity index (χ3n) is 3.19. The van der Waals surface area contributed by atoms with Gasteiger partial charge in [0.25, 0.3) is 15.0 Å². The van der Waals surface area contributed by atoms with Crippen molar-refractivity contribution in [1.82, 2.24) is 5.32 Å². The van der Waals surface area contributed by atoms with E-state index in [1.54, 1.807) is 0 Å².